The van der Waals surface area contributed by atoms with Gasteiger partial charge in [0.1, 0.15) is 0 Å². The maximum atomic E-state index is 13.4. The molecule has 3 aromatic carbocycles. The molecule has 0 fully saturated rings. The summed E-state index contributed by atoms with van der Waals surface area (Å²) in [5.74, 6) is -2.44. The zero-order valence-corrected chi connectivity index (χ0v) is 21.0. The summed E-state index contributed by atoms with van der Waals surface area (Å²) >= 11 is 7.34. The molecular formula is C28H19ClN2O5S. The lowest BCUT2D eigenvalue weighted by molar-refractivity contribution is -0.117. The summed E-state index contributed by atoms with van der Waals surface area (Å²) in [6.07, 6.45) is 2.94. The Balaban J connectivity index is 1.60. The van der Waals surface area contributed by atoms with Gasteiger partial charge in [0.15, 0.2) is 16.7 Å². The van der Waals surface area contributed by atoms with Crippen molar-refractivity contribution in [3.63, 3.8) is 0 Å². The van der Waals surface area contributed by atoms with Crippen molar-refractivity contribution >= 4 is 62.0 Å². The second-order valence-corrected chi connectivity index (χ2v) is 9.62. The van der Waals surface area contributed by atoms with Gasteiger partial charge in [-0.2, -0.15) is 0 Å². The number of rotatable bonds is 6. The fraction of sp³-hybridized carbons (Fsp3) is 0.0714. The third-order valence-corrected chi connectivity index (χ3v) is 7.15. The van der Waals surface area contributed by atoms with Crippen LogP contribution in [0.5, 0.6) is 0 Å². The predicted octanol–water partition coefficient (Wildman–Crippen LogP) is 5.92. The zero-order valence-electron chi connectivity index (χ0n) is 19.4. The van der Waals surface area contributed by atoms with Crippen LogP contribution in [0.1, 0.15) is 27.5 Å². The number of esters is 1. The average Bonchev–Trinajstić information content (AvgIpc) is 3.45. The molecule has 1 aliphatic rings. The first-order valence-corrected chi connectivity index (χ1v) is 12.4. The number of aromatic nitrogens is 1. The van der Waals surface area contributed by atoms with Crippen molar-refractivity contribution in [2.45, 2.75) is 6.04 Å². The Bertz CT molecular complexity index is 1590. The van der Waals surface area contributed by atoms with Crippen molar-refractivity contribution in [1.29, 1.82) is 0 Å². The first-order valence-electron chi connectivity index (χ1n) is 11.2. The highest BCUT2D eigenvalue weighted by Crippen LogP contribution is 2.44. The molecule has 0 spiro atoms. The van der Waals surface area contributed by atoms with Gasteiger partial charge in [0.2, 0.25) is 0 Å². The number of hydrogen-bond donors (Lipinski definition) is 1. The molecular weight excluding hydrogens is 512 g/mol. The SMILES string of the molecule is COC(=O)c1ccc(C2C(C(=O)C=Cc3ccccc3)=C(O)C(=O)N2c2nc3ccc(Cl)cc3s2)cc1. The van der Waals surface area contributed by atoms with E-state index in [4.69, 9.17) is 16.3 Å². The molecule has 1 unspecified atom stereocenters. The van der Waals surface area contributed by atoms with Crippen molar-refractivity contribution in [2.24, 2.45) is 0 Å². The molecule has 5 rings (SSSR count). The van der Waals surface area contributed by atoms with E-state index < -0.39 is 29.5 Å². The summed E-state index contributed by atoms with van der Waals surface area (Å²) in [5.41, 5.74) is 2.15. The first-order chi connectivity index (χ1) is 17.9. The number of amides is 1. The van der Waals surface area contributed by atoms with Gasteiger partial charge in [-0.25, -0.2) is 9.78 Å². The van der Waals surface area contributed by atoms with Gasteiger partial charge < -0.3 is 9.84 Å². The first kappa shape index (κ1) is 24.4. The van der Waals surface area contributed by atoms with Gasteiger partial charge in [-0.1, -0.05) is 71.5 Å². The van der Waals surface area contributed by atoms with Gasteiger partial charge in [0.05, 0.1) is 34.5 Å². The second-order valence-electron chi connectivity index (χ2n) is 8.17. The van der Waals surface area contributed by atoms with Gasteiger partial charge in [0.25, 0.3) is 5.91 Å². The Labute approximate surface area is 220 Å². The molecule has 1 aromatic heterocycles. The van der Waals surface area contributed by atoms with E-state index in [2.05, 4.69) is 4.98 Å². The van der Waals surface area contributed by atoms with Gasteiger partial charge in [0, 0.05) is 5.02 Å². The van der Waals surface area contributed by atoms with E-state index in [0.717, 1.165) is 10.3 Å². The lowest BCUT2D eigenvalue weighted by Crippen LogP contribution is -2.30. The van der Waals surface area contributed by atoms with Crippen molar-refractivity contribution in [1.82, 2.24) is 4.98 Å². The number of ether oxygens (including phenoxy) is 1. The van der Waals surface area contributed by atoms with E-state index in [1.54, 1.807) is 48.5 Å². The van der Waals surface area contributed by atoms with Crippen LogP contribution in [0.25, 0.3) is 16.3 Å². The smallest absolute Gasteiger partial charge is 0.337 e. The van der Waals surface area contributed by atoms with Crippen molar-refractivity contribution in [3.8, 4) is 0 Å². The number of hydrogen-bond acceptors (Lipinski definition) is 7. The normalized spacial score (nSPS) is 15.7. The number of aliphatic hydroxyl groups is 1. The maximum absolute atomic E-state index is 13.4. The predicted molar refractivity (Wildman–Crippen MR) is 143 cm³/mol. The van der Waals surface area contributed by atoms with Crippen LogP contribution in [0.2, 0.25) is 5.02 Å². The summed E-state index contributed by atoms with van der Waals surface area (Å²) < 4.78 is 5.52. The monoisotopic (exact) mass is 530 g/mol. The zero-order chi connectivity index (χ0) is 26.1. The molecule has 0 bridgehead atoms. The average molecular weight is 531 g/mol. The van der Waals surface area contributed by atoms with Crippen LogP contribution in [0.15, 0.2) is 90.2 Å². The number of halogens is 1. The highest BCUT2D eigenvalue weighted by Gasteiger charge is 2.45. The molecule has 184 valence electrons. The topological polar surface area (TPSA) is 96.8 Å². The molecule has 0 saturated carbocycles. The lowest BCUT2D eigenvalue weighted by atomic mass is 9.95. The van der Waals surface area contributed by atoms with E-state index >= 15 is 0 Å². The molecule has 1 atom stereocenters. The molecule has 4 aromatic rings. The number of methoxy groups -OCH3 is 1. The number of carbonyl (C=O) groups is 3. The number of allylic oxidation sites excluding steroid dienone is 1. The molecule has 1 N–H and O–H groups in total. The van der Waals surface area contributed by atoms with E-state index in [0.29, 0.717) is 26.8 Å². The molecule has 0 saturated heterocycles. The number of carbonyl (C=O) groups excluding carboxylic acids is 3. The Hall–Kier alpha value is -4.27. The Kier molecular flexibility index (Phi) is 6.60. The second kappa shape index (κ2) is 10.0. The van der Waals surface area contributed by atoms with E-state index in [9.17, 15) is 19.5 Å². The molecule has 0 aliphatic carbocycles. The number of fused-ring (bicyclic) bond motifs is 1. The number of nitrogens with zero attached hydrogens (tertiary/aromatic N) is 2. The summed E-state index contributed by atoms with van der Waals surface area (Å²) in [7, 11) is 1.28. The molecule has 37 heavy (non-hydrogen) atoms. The number of thiazole rings is 1. The number of benzene rings is 3. The van der Waals surface area contributed by atoms with Gasteiger partial charge >= 0.3 is 5.97 Å². The van der Waals surface area contributed by atoms with Crippen LogP contribution in [0, 0.1) is 0 Å². The summed E-state index contributed by atoms with van der Waals surface area (Å²) in [6.45, 7) is 0. The van der Waals surface area contributed by atoms with Crippen LogP contribution in [0.4, 0.5) is 5.13 Å². The van der Waals surface area contributed by atoms with Crippen LogP contribution < -0.4 is 4.90 Å². The fourth-order valence-electron chi connectivity index (χ4n) is 4.10. The Morgan fingerprint density at radius 1 is 1.08 bits per heavy atom. The minimum Gasteiger partial charge on any atom is -0.503 e. The van der Waals surface area contributed by atoms with Crippen LogP contribution in [0.3, 0.4) is 0 Å². The quantitative estimate of drug-likeness (QED) is 0.245. The van der Waals surface area contributed by atoms with Crippen molar-refractivity contribution < 1.29 is 24.2 Å². The molecule has 2 heterocycles. The standard InChI is InChI=1S/C28H19ClN2O5S/c1-36-27(35)18-10-8-17(9-11-18)24-23(21(32)14-7-16-5-3-2-4-6-16)25(33)26(34)31(24)28-30-20-13-12-19(29)15-22(20)37-28/h2-15,24,33H,1H3. The van der Waals surface area contributed by atoms with Crippen LogP contribution in [-0.2, 0) is 14.3 Å². The molecule has 1 aliphatic heterocycles. The lowest BCUT2D eigenvalue weighted by Gasteiger charge is -2.24. The van der Waals surface area contributed by atoms with E-state index in [-0.39, 0.29) is 5.57 Å². The highest BCUT2D eigenvalue weighted by molar-refractivity contribution is 7.22. The van der Waals surface area contributed by atoms with E-state index in [1.165, 1.54) is 29.4 Å². The van der Waals surface area contributed by atoms with Crippen molar-refractivity contribution in [3.05, 3.63) is 112 Å². The molecule has 9 heteroatoms. The van der Waals surface area contributed by atoms with Gasteiger partial charge in [-0.05, 0) is 47.5 Å². The number of anilines is 1. The third kappa shape index (κ3) is 4.64. The Morgan fingerprint density at radius 3 is 2.51 bits per heavy atom. The third-order valence-electron chi connectivity index (χ3n) is 5.89. The van der Waals surface area contributed by atoms with Gasteiger partial charge in [-0.15, -0.1) is 0 Å². The van der Waals surface area contributed by atoms with Gasteiger partial charge in [-0.3, -0.25) is 14.5 Å². The summed E-state index contributed by atoms with van der Waals surface area (Å²) in [4.78, 5) is 44.5. The highest BCUT2D eigenvalue weighted by atomic mass is 35.5. The summed E-state index contributed by atoms with van der Waals surface area (Å²) in [6, 6.07) is 19.7. The number of ketones is 1. The van der Waals surface area contributed by atoms with E-state index in [1.807, 2.05) is 30.3 Å². The van der Waals surface area contributed by atoms with Crippen LogP contribution in [-0.4, -0.2) is 34.9 Å². The minimum absolute atomic E-state index is 0.0831. The fourth-order valence-corrected chi connectivity index (χ4v) is 5.37. The maximum Gasteiger partial charge on any atom is 0.337 e. The largest absolute Gasteiger partial charge is 0.503 e. The summed E-state index contributed by atoms with van der Waals surface area (Å²) in [5, 5.41) is 11.7. The molecule has 1 amide bonds. The Morgan fingerprint density at radius 2 is 1.81 bits per heavy atom. The van der Waals surface area contributed by atoms with Crippen molar-refractivity contribution in [2.75, 3.05) is 12.0 Å². The molecule has 0 radical (unpaired) electrons. The molecule has 7 nitrogen and oxygen atoms in total. The van der Waals surface area contributed by atoms with Crippen LogP contribution >= 0.6 is 22.9 Å². The minimum atomic E-state index is -0.969. The number of aliphatic hydroxyl groups excluding tert-OH is 1.